The van der Waals surface area contributed by atoms with Gasteiger partial charge >= 0.3 is 29.8 Å². The quantitative estimate of drug-likeness (QED) is 0.0347. The first kappa shape index (κ1) is 65.1. The highest BCUT2D eigenvalue weighted by atomic mass is 32.2. The van der Waals surface area contributed by atoms with E-state index < -0.39 is 121 Å². The van der Waals surface area contributed by atoms with Crippen LogP contribution in [0.5, 0.6) is 0 Å². The van der Waals surface area contributed by atoms with Crippen LogP contribution < -0.4 is 0 Å². The minimum absolute atomic E-state index is 0.0112. The Bertz CT molecular complexity index is 3110. The first-order chi connectivity index (χ1) is 42.8. The van der Waals surface area contributed by atoms with Gasteiger partial charge in [-0.25, -0.2) is 9.59 Å². The molecule has 3 heterocycles. The van der Waals surface area contributed by atoms with Crippen LogP contribution in [0.15, 0.2) is 182 Å². The Balaban J connectivity index is 1.14. The minimum atomic E-state index is -1.59. The number of rotatable bonds is 27. The molecule has 0 amide bonds. The van der Waals surface area contributed by atoms with Crippen molar-refractivity contribution in [1.29, 1.82) is 0 Å². The van der Waals surface area contributed by atoms with E-state index in [0.29, 0.717) is 5.75 Å². The zero-order valence-corrected chi connectivity index (χ0v) is 50.4. The van der Waals surface area contributed by atoms with Gasteiger partial charge in [0.2, 0.25) is 0 Å². The van der Waals surface area contributed by atoms with E-state index in [4.69, 9.17) is 66.3 Å². The van der Waals surface area contributed by atoms with Crippen molar-refractivity contribution in [1.82, 2.24) is 0 Å². The summed E-state index contributed by atoms with van der Waals surface area (Å²) in [4.78, 5) is 68.0. The van der Waals surface area contributed by atoms with E-state index in [1.807, 2.05) is 128 Å². The molecule has 3 fully saturated rings. The van der Waals surface area contributed by atoms with Crippen LogP contribution in [0, 0.1) is 0 Å². The third kappa shape index (κ3) is 18.2. The molecule has 3 aliphatic rings. The topological polar surface area (TPSA) is 215 Å². The van der Waals surface area contributed by atoms with Gasteiger partial charge in [-0.1, -0.05) is 165 Å². The number of hydrogen-bond donors (Lipinski definition) is 0. The van der Waals surface area contributed by atoms with E-state index in [1.54, 1.807) is 67.6 Å². The number of carbonyl (C=O) groups is 5. The number of thioether (sulfide) groups is 1. The lowest BCUT2D eigenvalue weighted by atomic mass is 9.95. The second kappa shape index (κ2) is 32.8. The third-order valence-corrected chi connectivity index (χ3v) is 15.6. The summed E-state index contributed by atoms with van der Waals surface area (Å²) in [6.45, 7) is 7.11. The van der Waals surface area contributed by atoms with Crippen molar-refractivity contribution in [2.24, 2.45) is 0 Å². The predicted molar refractivity (Wildman–Crippen MR) is 320 cm³/mol. The minimum Gasteiger partial charge on any atom is -0.456 e. The van der Waals surface area contributed by atoms with Crippen LogP contribution in [0.3, 0.4) is 0 Å². The molecular formula is C68H74O19S. The number of esters is 5. The molecule has 19 nitrogen and oxygen atoms in total. The van der Waals surface area contributed by atoms with Gasteiger partial charge in [0.15, 0.2) is 43.1 Å². The summed E-state index contributed by atoms with van der Waals surface area (Å²) in [6.07, 6.45) is -18.4. The highest BCUT2D eigenvalue weighted by Gasteiger charge is 2.58. The van der Waals surface area contributed by atoms with Gasteiger partial charge in [0, 0.05) is 20.8 Å². The Morgan fingerprint density at radius 2 is 0.761 bits per heavy atom. The molecule has 0 saturated carbocycles. The molecule has 466 valence electrons. The van der Waals surface area contributed by atoms with Gasteiger partial charge < -0.3 is 66.3 Å². The van der Waals surface area contributed by atoms with E-state index in [2.05, 4.69) is 0 Å². The van der Waals surface area contributed by atoms with Crippen LogP contribution in [0.2, 0.25) is 0 Å². The fourth-order valence-electron chi connectivity index (χ4n) is 10.6. The number of hydrogen-bond acceptors (Lipinski definition) is 20. The Labute approximate surface area is 516 Å². The molecule has 20 heteroatoms. The van der Waals surface area contributed by atoms with Crippen molar-refractivity contribution < 1.29 is 90.3 Å². The Morgan fingerprint density at radius 1 is 0.386 bits per heavy atom. The highest BCUT2D eigenvalue weighted by Crippen LogP contribution is 2.40. The van der Waals surface area contributed by atoms with Crippen LogP contribution in [-0.2, 0) is 107 Å². The molecule has 0 spiro atoms. The van der Waals surface area contributed by atoms with E-state index >= 15 is 0 Å². The normalized spacial score (nSPS) is 26.9. The van der Waals surface area contributed by atoms with Crippen LogP contribution in [-0.4, -0.2) is 140 Å². The molecule has 0 bridgehead atoms. The van der Waals surface area contributed by atoms with Gasteiger partial charge in [0.05, 0.1) is 56.9 Å². The zero-order valence-electron chi connectivity index (χ0n) is 49.6. The van der Waals surface area contributed by atoms with Crippen molar-refractivity contribution in [2.45, 2.75) is 152 Å². The summed E-state index contributed by atoms with van der Waals surface area (Å²) in [7, 11) is 0. The predicted octanol–water partition coefficient (Wildman–Crippen LogP) is 9.56. The molecule has 3 aliphatic heterocycles. The number of carbonyl (C=O) groups excluding carboxylic acids is 5. The Hall–Kier alpha value is -7.34. The molecule has 15 atom stereocenters. The molecule has 0 unspecified atom stereocenters. The second-order valence-corrected chi connectivity index (χ2v) is 22.5. The van der Waals surface area contributed by atoms with Crippen LogP contribution in [0.1, 0.15) is 77.6 Å². The van der Waals surface area contributed by atoms with Crippen LogP contribution >= 0.6 is 11.8 Å². The molecule has 88 heavy (non-hydrogen) atoms. The molecular weight excluding hydrogens is 1150 g/mol. The van der Waals surface area contributed by atoms with Gasteiger partial charge in [-0.05, 0) is 59.2 Å². The van der Waals surface area contributed by atoms with E-state index in [-0.39, 0.29) is 50.8 Å². The SMILES string of the molecule is CCS[C@@H]1O[C@H](COCc2ccccc2)[C@@H](O[C@H]2O[C@@H](C)[C@H](O[C@@H]3O[C@H](COCc4ccccc4)[C@H](OC(C)=O)[C@H](OC(C)=O)[C@H]3OC(C)=O)[C@@H](OCc3ccccc3)[C@H]2OCc2ccccc2)[C@H](OC(=O)c2ccccc2)[C@H]1OC(=O)c1ccccc1. The van der Waals surface area contributed by atoms with Crippen LogP contribution in [0.4, 0.5) is 0 Å². The van der Waals surface area contributed by atoms with Gasteiger partial charge in [0.1, 0.15) is 42.1 Å². The molecule has 6 aromatic carbocycles. The number of benzene rings is 6. The zero-order chi connectivity index (χ0) is 61.8. The maximum Gasteiger partial charge on any atom is 0.338 e. The average Bonchev–Trinajstić information content (AvgIpc) is 1.43. The average molecular weight is 1230 g/mol. The Kier molecular flexibility index (Phi) is 24.2. The van der Waals surface area contributed by atoms with E-state index in [1.165, 1.54) is 32.5 Å². The highest BCUT2D eigenvalue weighted by molar-refractivity contribution is 7.99. The van der Waals surface area contributed by atoms with Crippen molar-refractivity contribution in [3.05, 3.63) is 215 Å². The molecule has 0 radical (unpaired) electrons. The van der Waals surface area contributed by atoms with Gasteiger partial charge in [-0.3, -0.25) is 14.4 Å². The van der Waals surface area contributed by atoms with Crippen LogP contribution in [0.25, 0.3) is 0 Å². The van der Waals surface area contributed by atoms with Gasteiger partial charge in [-0.15, -0.1) is 11.8 Å². The first-order valence-corrected chi connectivity index (χ1v) is 30.3. The maximum absolute atomic E-state index is 14.6. The van der Waals surface area contributed by atoms with Gasteiger partial charge in [-0.2, -0.15) is 0 Å². The summed E-state index contributed by atoms with van der Waals surface area (Å²) in [6, 6.07) is 54.5. The first-order valence-electron chi connectivity index (χ1n) is 29.3. The second-order valence-electron chi connectivity index (χ2n) is 21.2. The lowest BCUT2D eigenvalue weighted by Crippen LogP contribution is -2.67. The molecule has 0 aromatic heterocycles. The summed E-state index contributed by atoms with van der Waals surface area (Å²) < 4.78 is 92.5. The fraction of sp³-hybridized carbons (Fsp3) is 0.397. The lowest BCUT2D eigenvalue weighted by molar-refractivity contribution is -0.376. The Morgan fingerprint density at radius 3 is 1.23 bits per heavy atom. The summed E-state index contributed by atoms with van der Waals surface area (Å²) in [5.41, 5.74) is 2.80. The number of ether oxygens (including phenoxy) is 14. The van der Waals surface area contributed by atoms with Crippen molar-refractivity contribution >= 4 is 41.6 Å². The molecule has 9 rings (SSSR count). The largest absolute Gasteiger partial charge is 0.456 e. The summed E-state index contributed by atoms with van der Waals surface area (Å²) in [5.74, 6) is -3.25. The third-order valence-electron chi connectivity index (χ3n) is 14.6. The lowest BCUT2D eigenvalue weighted by Gasteiger charge is -2.51. The summed E-state index contributed by atoms with van der Waals surface area (Å²) in [5, 5.41) is 0. The maximum atomic E-state index is 14.6. The van der Waals surface area contributed by atoms with Crippen molar-refractivity contribution in [3.63, 3.8) is 0 Å². The standard InChI is InChI=1S/C68H74O19S/c1-6-88-68-63(85-65(73)52-35-23-12-24-36-52)60(84-64(72)51-33-21-11-22-34-51)57(54(83-68)42-75-38-48-27-15-8-16-28-48)87-66-61(77-40-50-31-19-10-20-32-50)58(76-39-49-29-17-9-18-30-49)55(43(2)78-66)86-67-62(81-46(5)71)59(80-45(4)70)56(79-44(3)69)53(82-67)41-74-37-47-25-13-7-14-26-47/h7-36,43,53-63,66-68H,6,37-42H2,1-5H3/t43-,53+,54+,55-,56-,57+,58+,59-,60-,61+,62+,63+,66+,67-,68-/m0/s1. The van der Waals surface area contributed by atoms with E-state index in [9.17, 15) is 24.0 Å². The smallest absolute Gasteiger partial charge is 0.338 e. The molecule has 0 N–H and O–H groups in total. The molecule has 0 aliphatic carbocycles. The summed E-state index contributed by atoms with van der Waals surface area (Å²) >= 11 is 1.35. The van der Waals surface area contributed by atoms with Crippen molar-refractivity contribution in [2.75, 3.05) is 19.0 Å². The van der Waals surface area contributed by atoms with Gasteiger partial charge in [0.25, 0.3) is 0 Å². The monoisotopic (exact) mass is 1230 g/mol. The van der Waals surface area contributed by atoms with Crippen molar-refractivity contribution in [3.8, 4) is 0 Å². The van der Waals surface area contributed by atoms with E-state index in [0.717, 1.165) is 22.3 Å². The fourth-order valence-corrected chi connectivity index (χ4v) is 11.5. The molecule has 6 aromatic rings. The molecule has 3 saturated heterocycles.